The molecule has 0 aliphatic rings. The fraction of sp³-hybridized carbons (Fsp3) is 0.357. The monoisotopic (exact) mass is 343 g/mol. The van der Waals surface area contributed by atoms with Gasteiger partial charge in [0.2, 0.25) is 0 Å². The van der Waals surface area contributed by atoms with Crippen molar-refractivity contribution < 1.29 is 0 Å². The number of aryl methyl sites for hydroxylation is 1. The average molecular weight is 345 g/mol. The SMILES string of the molecule is Cc1ncc(CC(CBr)Cc2cccc(Cl)c2)s1. The van der Waals surface area contributed by atoms with Crippen molar-refractivity contribution in [2.24, 2.45) is 5.92 Å². The highest BCUT2D eigenvalue weighted by molar-refractivity contribution is 9.09. The number of hydrogen-bond acceptors (Lipinski definition) is 2. The van der Waals surface area contributed by atoms with Crippen molar-refractivity contribution in [3.8, 4) is 0 Å². The second kappa shape index (κ2) is 6.69. The van der Waals surface area contributed by atoms with Crippen LogP contribution in [0, 0.1) is 12.8 Å². The average Bonchev–Trinajstić information content (AvgIpc) is 2.74. The van der Waals surface area contributed by atoms with E-state index in [-0.39, 0.29) is 0 Å². The molecule has 1 unspecified atom stereocenters. The molecule has 0 aliphatic carbocycles. The fourth-order valence-corrected chi connectivity index (χ4v) is 3.54. The van der Waals surface area contributed by atoms with Gasteiger partial charge in [-0.3, -0.25) is 0 Å². The lowest BCUT2D eigenvalue weighted by atomic mass is 9.98. The lowest BCUT2D eigenvalue weighted by Gasteiger charge is -2.13. The Hall–Kier alpha value is -0.380. The van der Waals surface area contributed by atoms with Crippen LogP contribution in [-0.4, -0.2) is 10.3 Å². The molecule has 2 aromatic rings. The van der Waals surface area contributed by atoms with Crippen molar-refractivity contribution >= 4 is 38.9 Å². The van der Waals surface area contributed by atoms with Gasteiger partial charge in [-0.2, -0.15) is 0 Å². The van der Waals surface area contributed by atoms with Crippen molar-refractivity contribution in [3.63, 3.8) is 0 Å². The van der Waals surface area contributed by atoms with Crippen LogP contribution in [0.4, 0.5) is 0 Å². The quantitative estimate of drug-likeness (QED) is 0.703. The van der Waals surface area contributed by atoms with Crippen LogP contribution in [0.1, 0.15) is 15.4 Å². The van der Waals surface area contributed by atoms with Gasteiger partial charge < -0.3 is 0 Å². The molecule has 2 rings (SSSR count). The second-order valence-corrected chi connectivity index (χ2v) is 6.81. The first-order chi connectivity index (χ1) is 8.67. The third-order valence-corrected chi connectivity index (χ3v) is 4.88. The maximum Gasteiger partial charge on any atom is 0.0896 e. The summed E-state index contributed by atoms with van der Waals surface area (Å²) >= 11 is 11.4. The van der Waals surface area contributed by atoms with Gasteiger partial charge in [0, 0.05) is 21.4 Å². The van der Waals surface area contributed by atoms with Gasteiger partial charge in [-0.1, -0.05) is 39.7 Å². The summed E-state index contributed by atoms with van der Waals surface area (Å²) in [5.74, 6) is 0.586. The molecule has 0 saturated carbocycles. The van der Waals surface area contributed by atoms with Crippen molar-refractivity contribution in [3.05, 3.63) is 50.9 Å². The molecule has 0 amide bonds. The molecule has 0 bridgehead atoms. The van der Waals surface area contributed by atoms with Gasteiger partial charge in [0.25, 0.3) is 0 Å². The minimum absolute atomic E-state index is 0.586. The summed E-state index contributed by atoms with van der Waals surface area (Å²) in [5.41, 5.74) is 1.30. The molecular formula is C14H15BrClNS. The zero-order chi connectivity index (χ0) is 13.0. The lowest BCUT2D eigenvalue weighted by Crippen LogP contribution is -2.09. The van der Waals surface area contributed by atoms with Crippen LogP contribution >= 0.6 is 38.9 Å². The Balaban J connectivity index is 2.01. The number of rotatable bonds is 5. The number of alkyl halides is 1. The largest absolute Gasteiger partial charge is 0.250 e. The number of aromatic nitrogens is 1. The summed E-state index contributed by atoms with van der Waals surface area (Å²) in [6.45, 7) is 2.05. The minimum Gasteiger partial charge on any atom is -0.250 e. The van der Waals surface area contributed by atoms with Gasteiger partial charge in [-0.15, -0.1) is 11.3 Å². The molecule has 18 heavy (non-hydrogen) atoms. The van der Waals surface area contributed by atoms with Gasteiger partial charge in [0.05, 0.1) is 5.01 Å². The van der Waals surface area contributed by atoms with Gasteiger partial charge >= 0.3 is 0 Å². The fourth-order valence-electron chi connectivity index (χ4n) is 1.96. The smallest absolute Gasteiger partial charge is 0.0896 e. The van der Waals surface area contributed by atoms with Gasteiger partial charge in [0.15, 0.2) is 0 Å². The Morgan fingerprint density at radius 3 is 2.83 bits per heavy atom. The molecule has 1 atom stereocenters. The Morgan fingerprint density at radius 1 is 1.39 bits per heavy atom. The highest BCUT2D eigenvalue weighted by Gasteiger charge is 2.11. The van der Waals surface area contributed by atoms with Gasteiger partial charge in [-0.25, -0.2) is 4.98 Å². The molecule has 0 radical (unpaired) electrons. The van der Waals surface area contributed by atoms with E-state index < -0.39 is 0 Å². The van der Waals surface area contributed by atoms with Crippen molar-refractivity contribution in [1.82, 2.24) is 4.98 Å². The van der Waals surface area contributed by atoms with Crippen LogP contribution in [0.15, 0.2) is 30.5 Å². The van der Waals surface area contributed by atoms with Crippen LogP contribution < -0.4 is 0 Å². The molecule has 0 saturated heterocycles. The molecule has 1 aromatic carbocycles. The first-order valence-corrected chi connectivity index (χ1v) is 8.20. The zero-order valence-corrected chi connectivity index (χ0v) is 13.4. The normalized spacial score (nSPS) is 12.6. The molecule has 0 fully saturated rings. The molecule has 0 N–H and O–H groups in total. The maximum atomic E-state index is 6.02. The van der Waals surface area contributed by atoms with Crippen LogP contribution in [-0.2, 0) is 12.8 Å². The Morgan fingerprint density at radius 2 is 2.22 bits per heavy atom. The Bertz CT molecular complexity index is 512. The zero-order valence-electron chi connectivity index (χ0n) is 10.2. The van der Waals surface area contributed by atoms with Crippen molar-refractivity contribution in [2.75, 3.05) is 5.33 Å². The topological polar surface area (TPSA) is 12.9 Å². The van der Waals surface area contributed by atoms with Gasteiger partial charge in [0.1, 0.15) is 0 Å². The summed E-state index contributed by atoms with van der Waals surface area (Å²) in [6, 6.07) is 8.12. The Labute approximate surface area is 125 Å². The summed E-state index contributed by atoms with van der Waals surface area (Å²) in [5, 5.41) is 2.95. The molecule has 4 heteroatoms. The summed E-state index contributed by atoms with van der Waals surface area (Å²) < 4.78 is 0. The van der Waals surface area contributed by atoms with E-state index in [1.54, 1.807) is 11.3 Å². The first-order valence-electron chi connectivity index (χ1n) is 5.89. The van der Waals surface area contributed by atoms with Crippen LogP contribution in [0.3, 0.4) is 0 Å². The van der Waals surface area contributed by atoms with E-state index in [9.17, 15) is 0 Å². The third kappa shape index (κ3) is 4.08. The number of nitrogens with zero attached hydrogens (tertiary/aromatic N) is 1. The predicted molar refractivity (Wildman–Crippen MR) is 83.0 cm³/mol. The van der Waals surface area contributed by atoms with Crippen LogP contribution in [0.25, 0.3) is 0 Å². The summed E-state index contributed by atoms with van der Waals surface area (Å²) in [6.07, 6.45) is 4.11. The number of thiazole rings is 1. The first kappa shape index (κ1) is 14.0. The van der Waals surface area contributed by atoms with Crippen molar-refractivity contribution in [2.45, 2.75) is 19.8 Å². The standard InChI is InChI=1S/C14H15BrClNS/c1-10-17-9-14(18-10)7-12(8-15)5-11-3-2-4-13(16)6-11/h2-4,6,9,12H,5,7-8H2,1H3. The molecular weight excluding hydrogens is 330 g/mol. The molecule has 0 spiro atoms. The van der Waals surface area contributed by atoms with E-state index in [2.05, 4.69) is 33.0 Å². The molecule has 1 heterocycles. The van der Waals surface area contributed by atoms with Crippen LogP contribution in [0.2, 0.25) is 5.02 Å². The molecule has 1 nitrogen and oxygen atoms in total. The number of benzene rings is 1. The summed E-state index contributed by atoms with van der Waals surface area (Å²) in [7, 11) is 0. The van der Waals surface area contributed by atoms with E-state index in [0.717, 1.165) is 28.2 Å². The molecule has 1 aromatic heterocycles. The van der Waals surface area contributed by atoms with Crippen molar-refractivity contribution in [1.29, 1.82) is 0 Å². The highest BCUT2D eigenvalue weighted by Crippen LogP contribution is 2.22. The second-order valence-electron chi connectivity index (χ2n) is 4.40. The predicted octanol–water partition coefficient (Wildman–Crippen LogP) is 4.90. The number of hydrogen-bond donors (Lipinski definition) is 0. The van der Waals surface area contributed by atoms with E-state index in [4.69, 9.17) is 11.6 Å². The third-order valence-electron chi connectivity index (χ3n) is 2.79. The van der Waals surface area contributed by atoms with Gasteiger partial charge in [-0.05, 0) is 43.4 Å². The van der Waals surface area contributed by atoms with Crippen LogP contribution in [0.5, 0.6) is 0 Å². The maximum absolute atomic E-state index is 6.02. The Kier molecular flexibility index (Phi) is 5.22. The van der Waals surface area contributed by atoms with E-state index >= 15 is 0 Å². The summed E-state index contributed by atoms with van der Waals surface area (Å²) in [4.78, 5) is 5.67. The van der Waals surface area contributed by atoms with E-state index in [0.29, 0.717) is 5.92 Å². The van der Waals surface area contributed by atoms with E-state index in [1.165, 1.54) is 10.4 Å². The minimum atomic E-state index is 0.586. The highest BCUT2D eigenvalue weighted by atomic mass is 79.9. The van der Waals surface area contributed by atoms with E-state index in [1.807, 2.05) is 25.3 Å². The lowest BCUT2D eigenvalue weighted by molar-refractivity contribution is 0.596. The number of halogens is 2. The molecule has 96 valence electrons. The molecule has 0 aliphatic heterocycles.